The molecule has 1 aromatic rings. The van der Waals surface area contributed by atoms with Crippen molar-refractivity contribution in [2.45, 2.75) is 51.7 Å². The molecule has 0 aromatic carbocycles. The molecule has 3 heteroatoms. The average Bonchev–Trinajstić information content (AvgIpc) is 3.21. The molecule has 1 aromatic heterocycles. The second-order valence-corrected chi connectivity index (χ2v) is 6.63. The van der Waals surface area contributed by atoms with E-state index in [1.807, 2.05) is 13.1 Å². The van der Waals surface area contributed by atoms with Gasteiger partial charge in [0, 0.05) is 43.1 Å². The van der Waals surface area contributed by atoms with Crippen LogP contribution in [0.25, 0.3) is 0 Å². The Hall–Kier alpha value is -0.930. The highest BCUT2D eigenvalue weighted by atomic mass is 15.3. The van der Waals surface area contributed by atoms with E-state index < -0.39 is 0 Å². The fraction of sp³-hybridized carbons (Fsp3) is 0.688. The summed E-state index contributed by atoms with van der Waals surface area (Å²) in [6.07, 6.45) is 4.83. The molecule has 104 valence electrons. The van der Waals surface area contributed by atoms with Gasteiger partial charge in [0.1, 0.15) is 0 Å². The molecule has 2 fully saturated rings. The van der Waals surface area contributed by atoms with Crippen LogP contribution in [0.1, 0.15) is 37.9 Å². The Morgan fingerprint density at radius 2 is 2.21 bits per heavy atom. The minimum atomic E-state index is 0.324. The fourth-order valence-corrected chi connectivity index (χ4v) is 3.18. The lowest BCUT2D eigenvalue weighted by Gasteiger charge is -2.45. The quantitative estimate of drug-likeness (QED) is 0.903. The summed E-state index contributed by atoms with van der Waals surface area (Å²) in [7, 11) is 0. The number of hydrogen-bond acceptors (Lipinski definition) is 3. The third-order valence-electron chi connectivity index (χ3n) is 4.79. The van der Waals surface area contributed by atoms with E-state index in [2.05, 4.69) is 41.2 Å². The highest BCUT2D eigenvalue weighted by molar-refractivity contribution is 5.14. The second-order valence-electron chi connectivity index (χ2n) is 6.63. The van der Waals surface area contributed by atoms with Gasteiger partial charge >= 0.3 is 0 Å². The summed E-state index contributed by atoms with van der Waals surface area (Å²) in [6, 6.07) is 4.93. The van der Waals surface area contributed by atoms with E-state index in [0.29, 0.717) is 11.6 Å². The van der Waals surface area contributed by atoms with Crippen LogP contribution in [0.5, 0.6) is 0 Å². The fourth-order valence-electron chi connectivity index (χ4n) is 3.18. The normalized spacial score (nSPS) is 32.5. The number of piperazine rings is 1. The zero-order chi connectivity index (χ0) is 13.5. The summed E-state index contributed by atoms with van der Waals surface area (Å²) in [5.41, 5.74) is 2.75. The zero-order valence-electron chi connectivity index (χ0n) is 12.3. The Morgan fingerprint density at radius 3 is 2.84 bits per heavy atom. The maximum absolute atomic E-state index is 4.41. The molecule has 2 unspecified atom stereocenters. The molecule has 1 aliphatic carbocycles. The van der Waals surface area contributed by atoms with E-state index >= 15 is 0 Å². The first kappa shape index (κ1) is 13.1. The van der Waals surface area contributed by atoms with Crippen molar-refractivity contribution in [3.8, 4) is 0 Å². The molecular weight excluding hydrogens is 234 g/mol. The summed E-state index contributed by atoms with van der Waals surface area (Å²) in [4.78, 5) is 7.02. The zero-order valence-corrected chi connectivity index (χ0v) is 12.3. The number of nitrogens with zero attached hydrogens (tertiary/aromatic N) is 2. The third kappa shape index (κ3) is 2.82. The van der Waals surface area contributed by atoms with Gasteiger partial charge in [0.25, 0.3) is 0 Å². The van der Waals surface area contributed by atoms with Crippen LogP contribution in [0, 0.1) is 12.8 Å². The predicted molar refractivity (Wildman–Crippen MR) is 78.0 cm³/mol. The first-order valence-electron chi connectivity index (χ1n) is 7.47. The number of pyridine rings is 1. The maximum Gasteiger partial charge on any atom is 0.0372 e. The molecule has 0 radical (unpaired) electrons. The van der Waals surface area contributed by atoms with Gasteiger partial charge in [-0.3, -0.25) is 9.88 Å². The summed E-state index contributed by atoms with van der Waals surface area (Å²) < 4.78 is 0. The van der Waals surface area contributed by atoms with Crippen LogP contribution in [0.3, 0.4) is 0 Å². The molecule has 1 saturated heterocycles. The lowest BCUT2D eigenvalue weighted by Crippen LogP contribution is -2.62. The van der Waals surface area contributed by atoms with E-state index in [-0.39, 0.29) is 0 Å². The number of rotatable bonds is 3. The van der Waals surface area contributed by atoms with Crippen molar-refractivity contribution in [2.24, 2.45) is 5.92 Å². The van der Waals surface area contributed by atoms with Gasteiger partial charge in [0.2, 0.25) is 0 Å². The topological polar surface area (TPSA) is 28.2 Å². The van der Waals surface area contributed by atoms with E-state index in [1.165, 1.54) is 18.4 Å². The van der Waals surface area contributed by atoms with Crippen LogP contribution in [0.15, 0.2) is 18.3 Å². The van der Waals surface area contributed by atoms with Gasteiger partial charge in [0.15, 0.2) is 0 Å². The van der Waals surface area contributed by atoms with E-state index in [1.54, 1.807) is 0 Å². The smallest absolute Gasteiger partial charge is 0.0372 e. The summed E-state index contributed by atoms with van der Waals surface area (Å²) >= 11 is 0. The first-order valence-corrected chi connectivity index (χ1v) is 7.47. The molecular formula is C16H25N3. The van der Waals surface area contributed by atoms with Crippen molar-refractivity contribution >= 4 is 0 Å². The van der Waals surface area contributed by atoms with Gasteiger partial charge in [-0.1, -0.05) is 6.07 Å². The average molecular weight is 259 g/mol. The van der Waals surface area contributed by atoms with Gasteiger partial charge < -0.3 is 5.32 Å². The molecule has 3 rings (SSSR count). The Labute approximate surface area is 116 Å². The van der Waals surface area contributed by atoms with Crippen molar-refractivity contribution in [1.29, 1.82) is 0 Å². The van der Waals surface area contributed by atoms with Crippen LogP contribution in [-0.2, 0) is 6.54 Å². The summed E-state index contributed by atoms with van der Waals surface area (Å²) in [5, 5.41) is 3.77. The van der Waals surface area contributed by atoms with Gasteiger partial charge in [-0.25, -0.2) is 0 Å². The minimum Gasteiger partial charge on any atom is -0.308 e. The molecule has 3 nitrogen and oxygen atoms in total. The van der Waals surface area contributed by atoms with Gasteiger partial charge in [-0.15, -0.1) is 0 Å². The highest BCUT2D eigenvalue weighted by Crippen LogP contribution is 2.41. The van der Waals surface area contributed by atoms with E-state index in [0.717, 1.165) is 31.2 Å². The lowest BCUT2D eigenvalue weighted by molar-refractivity contribution is 0.0769. The Kier molecular flexibility index (Phi) is 3.35. The predicted octanol–water partition coefficient (Wildman–Crippen LogP) is 2.35. The molecule has 0 bridgehead atoms. The van der Waals surface area contributed by atoms with Crippen molar-refractivity contribution in [3.63, 3.8) is 0 Å². The SMILES string of the molecule is Cc1ccc(CN2CC(C)(C3CC3)NCC2C)cn1. The number of nitrogens with one attached hydrogen (secondary N) is 1. The molecule has 2 heterocycles. The Bertz CT molecular complexity index is 438. The van der Waals surface area contributed by atoms with Crippen LogP contribution < -0.4 is 5.32 Å². The Morgan fingerprint density at radius 1 is 1.42 bits per heavy atom. The van der Waals surface area contributed by atoms with Crippen LogP contribution >= 0.6 is 0 Å². The molecule has 0 amide bonds. The number of aromatic nitrogens is 1. The van der Waals surface area contributed by atoms with E-state index in [4.69, 9.17) is 0 Å². The van der Waals surface area contributed by atoms with Gasteiger partial charge in [-0.2, -0.15) is 0 Å². The molecule has 2 atom stereocenters. The standard InChI is InChI=1S/C16H25N3/c1-12-4-5-14(9-17-12)10-19-11-16(3,15-6-7-15)18-8-13(19)2/h4-5,9,13,15,18H,6-8,10-11H2,1-3H3. The van der Waals surface area contributed by atoms with Crippen molar-refractivity contribution < 1.29 is 0 Å². The Balaban J connectivity index is 1.69. The third-order valence-corrected chi connectivity index (χ3v) is 4.79. The van der Waals surface area contributed by atoms with Gasteiger partial charge in [0.05, 0.1) is 0 Å². The highest BCUT2D eigenvalue weighted by Gasteiger charge is 2.45. The van der Waals surface area contributed by atoms with E-state index in [9.17, 15) is 0 Å². The largest absolute Gasteiger partial charge is 0.308 e. The maximum atomic E-state index is 4.41. The molecule has 19 heavy (non-hydrogen) atoms. The number of hydrogen-bond donors (Lipinski definition) is 1. The van der Waals surface area contributed by atoms with Crippen molar-refractivity contribution in [3.05, 3.63) is 29.6 Å². The first-order chi connectivity index (χ1) is 9.07. The summed E-state index contributed by atoms with van der Waals surface area (Å²) in [5.74, 6) is 0.888. The molecule has 1 saturated carbocycles. The minimum absolute atomic E-state index is 0.324. The van der Waals surface area contributed by atoms with Crippen LogP contribution in [-0.4, -0.2) is 34.6 Å². The van der Waals surface area contributed by atoms with Crippen LogP contribution in [0.4, 0.5) is 0 Å². The second kappa shape index (κ2) is 4.88. The lowest BCUT2D eigenvalue weighted by atomic mass is 9.91. The van der Waals surface area contributed by atoms with Crippen molar-refractivity contribution in [1.82, 2.24) is 15.2 Å². The molecule has 2 aliphatic rings. The molecule has 1 N–H and O–H groups in total. The summed E-state index contributed by atoms with van der Waals surface area (Å²) in [6.45, 7) is 10.1. The molecule has 0 spiro atoms. The molecule has 1 aliphatic heterocycles. The monoisotopic (exact) mass is 259 g/mol. The van der Waals surface area contributed by atoms with Crippen molar-refractivity contribution in [2.75, 3.05) is 13.1 Å². The van der Waals surface area contributed by atoms with Crippen LogP contribution in [0.2, 0.25) is 0 Å². The van der Waals surface area contributed by atoms with Gasteiger partial charge in [-0.05, 0) is 51.2 Å². The number of aryl methyl sites for hydroxylation is 1.